The molecule has 2 aromatic rings. The number of thioether (sulfide) groups is 1. The molecule has 1 fully saturated rings. The molecular weight excluding hydrogens is 350 g/mol. The average molecular weight is 372 g/mol. The van der Waals surface area contributed by atoms with E-state index in [1.165, 1.54) is 0 Å². The summed E-state index contributed by atoms with van der Waals surface area (Å²) in [7, 11) is -0.670. The van der Waals surface area contributed by atoms with E-state index >= 15 is 0 Å². The zero-order chi connectivity index (χ0) is 17.0. The number of aromatic nitrogens is 3. The van der Waals surface area contributed by atoms with Crippen molar-refractivity contribution in [2.24, 2.45) is 0 Å². The van der Waals surface area contributed by atoms with Crippen LogP contribution in [0.5, 0.6) is 0 Å². The number of fused-ring (bicyclic) bond motifs is 1. The van der Waals surface area contributed by atoms with Crippen LogP contribution in [-0.4, -0.2) is 36.9 Å². The number of hydrogen-bond donors (Lipinski definition) is 0. The number of nitrogens with zero attached hydrogens (tertiary/aromatic N) is 3. The number of pyridine rings is 1. The highest BCUT2D eigenvalue weighted by Gasteiger charge is 2.23. The molecule has 0 saturated carbocycles. The molecular formula is C16H22ClN3OS2. The predicted molar refractivity (Wildman–Crippen MR) is 100 cm³/mol. The SMILES string of the molecule is CC.CSc1nc(C)nc2nc(Cl)c(C3CCS(=O)CC3)cc12. The molecule has 4 nitrogen and oxygen atoms in total. The molecule has 1 saturated heterocycles. The fourth-order valence-corrected chi connectivity index (χ4v) is 4.85. The second-order valence-corrected chi connectivity index (χ2v) is 7.99. The van der Waals surface area contributed by atoms with Crippen molar-refractivity contribution in [2.45, 2.75) is 44.6 Å². The van der Waals surface area contributed by atoms with Gasteiger partial charge >= 0.3 is 0 Å². The summed E-state index contributed by atoms with van der Waals surface area (Å²) in [6, 6.07) is 2.08. The fraction of sp³-hybridized carbons (Fsp3) is 0.562. The van der Waals surface area contributed by atoms with Gasteiger partial charge in [0.25, 0.3) is 0 Å². The van der Waals surface area contributed by atoms with Crippen molar-refractivity contribution in [3.8, 4) is 0 Å². The Balaban J connectivity index is 0.000000924. The molecule has 0 unspecified atom stereocenters. The molecule has 0 N–H and O–H groups in total. The molecule has 0 aromatic carbocycles. The fourth-order valence-electron chi connectivity index (χ4n) is 2.67. The van der Waals surface area contributed by atoms with Crippen LogP contribution in [0.15, 0.2) is 11.1 Å². The van der Waals surface area contributed by atoms with Crippen LogP contribution in [0.1, 0.15) is 44.0 Å². The highest BCUT2D eigenvalue weighted by molar-refractivity contribution is 7.98. The van der Waals surface area contributed by atoms with E-state index in [-0.39, 0.29) is 0 Å². The van der Waals surface area contributed by atoms with Crippen molar-refractivity contribution in [1.82, 2.24) is 15.0 Å². The average Bonchev–Trinajstić information content (AvgIpc) is 2.56. The first-order valence-electron chi connectivity index (χ1n) is 7.82. The van der Waals surface area contributed by atoms with Gasteiger partial charge in [-0.05, 0) is 43.6 Å². The molecule has 0 spiro atoms. The number of rotatable bonds is 2. The summed E-state index contributed by atoms with van der Waals surface area (Å²) in [6.07, 6.45) is 3.81. The third-order valence-electron chi connectivity index (χ3n) is 3.77. The number of halogens is 1. The third-order valence-corrected chi connectivity index (χ3v) is 6.15. The quantitative estimate of drug-likeness (QED) is 0.446. The third kappa shape index (κ3) is 4.22. The molecule has 1 aliphatic heterocycles. The minimum absolute atomic E-state index is 0.336. The van der Waals surface area contributed by atoms with E-state index in [1.54, 1.807) is 11.8 Å². The van der Waals surface area contributed by atoms with Gasteiger partial charge in [-0.1, -0.05) is 25.4 Å². The lowest BCUT2D eigenvalue weighted by Gasteiger charge is -2.22. The van der Waals surface area contributed by atoms with Crippen LogP contribution in [0.2, 0.25) is 5.15 Å². The predicted octanol–water partition coefficient (Wildman–Crippen LogP) is 4.36. The molecule has 0 aliphatic carbocycles. The normalized spacial score (nSPS) is 20.9. The van der Waals surface area contributed by atoms with Crippen molar-refractivity contribution in [3.63, 3.8) is 0 Å². The lowest BCUT2D eigenvalue weighted by Crippen LogP contribution is -2.17. The van der Waals surface area contributed by atoms with E-state index in [0.29, 0.717) is 22.5 Å². The van der Waals surface area contributed by atoms with Crippen molar-refractivity contribution in [3.05, 3.63) is 22.6 Å². The number of aryl methyl sites for hydroxylation is 1. The van der Waals surface area contributed by atoms with E-state index < -0.39 is 10.8 Å². The maximum atomic E-state index is 11.5. The molecule has 126 valence electrons. The molecule has 3 heterocycles. The molecule has 2 aromatic heterocycles. The minimum atomic E-state index is -0.670. The van der Waals surface area contributed by atoms with E-state index in [1.807, 2.05) is 27.0 Å². The van der Waals surface area contributed by atoms with Gasteiger partial charge < -0.3 is 0 Å². The summed E-state index contributed by atoms with van der Waals surface area (Å²) >= 11 is 7.96. The lowest BCUT2D eigenvalue weighted by atomic mass is 9.94. The highest BCUT2D eigenvalue weighted by atomic mass is 35.5. The molecule has 7 heteroatoms. The number of hydrogen-bond acceptors (Lipinski definition) is 5. The van der Waals surface area contributed by atoms with Crippen LogP contribution in [0, 0.1) is 6.92 Å². The molecule has 23 heavy (non-hydrogen) atoms. The molecule has 3 rings (SSSR count). The van der Waals surface area contributed by atoms with Crippen LogP contribution < -0.4 is 0 Å². The second kappa shape index (κ2) is 8.40. The monoisotopic (exact) mass is 371 g/mol. The minimum Gasteiger partial charge on any atom is -0.260 e. The molecule has 0 amide bonds. The smallest absolute Gasteiger partial charge is 0.165 e. The summed E-state index contributed by atoms with van der Waals surface area (Å²) in [4.78, 5) is 13.3. The van der Waals surface area contributed by atoms with E-state index in [2.05, 4.69) is 21.0 Å². The summed E-state index contributed by atoms with van der Waals surface area (Å²) in [6.45, 7) is 5.86. The van der Waals surface area contributed by atoms with Gasteiger partial charge in [0, 0.05) is 22.3 Å². The standard InChI is InChI=1S/C14H16ClN3OS2.C2H6/c1-8-16-13-11(14(17-8)20-2)7-10(12(15)18-13)9-3-5-21(19)6-4-9;1-2/h7,9H,3-6H2,1-2H3;1-2H3. The lowest BCUT2D eigenvalue weighted by molar-refractivity contribution is 0.604. The zero-order valence-corrected chi connectivity index (χ0v) is 16.3. The Labute approximate surface area is 149 Å². The summed E-state index contributed by atoms with van der Waals surface area (Å²) < 4.78 is 11.5. The van der Waals surface area contributed by atoms with Gasteiger partial charge in [0.15, 0.2) is 5.65 Å². The van der Waals surface area contributed by atoms with Crippen LogP contribution in [-0.2, 0) is 10.8 Å². The van der Waals surface area contributed by atoms with Gasteiger partial charge in [-0.25, -0.2) is 15.0 Å². The van der Waals surface area contributed by atoms with Gasteiger partial charge in [0.1, 0.15) is 16.0 Å². The summed E-state index contributed by atoms with van der Waals surface area (Å²) in [5.41, 5.74) is 1.70. The Morgan fingerprint density at radius 1 is 1.22 bits per heavy atom. The summed E-state index contributed by atoms with van der Waals surface area (Å²) in [5.74, 6) is 2.54. The largest absolute Gasteiger partial charge is 0.260 e. The first-order chi connectivity index (χ1) is 11.1. The van der Waals surface area contributed by atoms with Crippen LogP contribution in [0.25, 0.3) is 11.0 Å². The van der Waals surface area contributed by atoms with Gasteiger partial charge in [-0.15, -0.1) is 11.8 Å². The molecule has 0 bridgehead atoms. The Hall–Kier alpha value is -0.720. The highest BCUT2D eigenvalue weighted by Crippen LogP contribution is 2.35. The van der Waals surface area contributed by atoms with Gasteiger partial charge in [0.2, 0.25) is 0 Å². The molecule has 0 atom stereocenters. The Morgan fingerprint density at radius 3 is 2.48 bits per heavy atom. The van der Waals surface area contributed by atoms with Gasteiger partial charge in [-0.2, -0.15) is 0 Å². The Morgan fingerprint density at radius 2 is 1.87 bits per heavy atom. The van der Waals surface area contributed by atoms with E-state index in [4.69, 9.17) is 11.6 Å². The summed E-state index contributed by atoms with van der Waals surface area (Å²) in [5, 5.41) is 2.41. The molecule has 0 radical (unpaired) electrons. The maximum Gasteiger partial charge on any atom is 0.165 e. The van der Waals surface area contributed by atoms with Crippen LogP contribution >= 0.6 is 23.4 Å². The van der Waals surface area contributed by atoms with Crippen molar-refractivity contribution < 1.29 is 4.21 Å². The second-order valence-electron chi connectivity index (χ2n) is 5.14. The first kappa shape index (κ1) is 18.6. The van der Waals surface area contributed by atoms with Crippen molar-refractivity contribution in [1.29, 1.82) is 0 Å². The van der Waals surface area contributed by atoms with Crippen LogP contribution in [0.4, 0.5) is 0 Å². The van der Waals surface area contributed by atoms with E-state index in [0.717, 1.165) is 40.3 Å². The topological polar surface area (TPSA) is 55.7 Å². The zero-order valence-electron chi connectivity index (χ0n) is 13.9. The van der Waals surface area contributed by atoms with E-state index in [9.17, 15) is 4.21 Å². The first-order valence-corrected chi connectivity index (χ1v) is 10.9. The molecule has 1 aliphatic rings. The van der Waals surface area contributed by atoms with Crippen molar-refractivity contribution in [2.75, 3.05) is 17.8 Å². The Kier molecular flexibility index (Phi) is 6.80. The van der Waals surface area contributed by atoms with Gasteiger partial charge in [0.05, 0.1) is 5.39 Å². The Bertz CT molecular complexity index is 714. The van der Waals surface area contributed by atoms with Crippen LogP contribution in [0.3, 0.4) is 0 Å². The van der Waals surface area contributed by atoms with Crippen molar-refractivity contribution >= 4 is 45.2 Å². The van der Waals surface area contributed by atoms with Gasteiger partial charge in [-0.3, -0.25) is 4.21 Å². The maximum absolute atomic E-state index is 11.5.